The number of halogens is 1. The third-order valence-corrected chi connectivity index (χ3v) is 4.85. The number of methoxy groups -OCH3 is 1. The van der Waals surface area contributed by atoms with E-state index in [2.05, 4.69) is 57.2 Å². The van der Waals surface area contributed by atoms with E-state index in [-0.39, 0.29) is 5.91 Å². The molecule has 2 aromatic rings. The van der Waals surface area contributed by atoms with Crippen LogP contribution in [0.2, 0.25) is 0 Å². The number of aryl methyl sites for hydroxylation is 1. The molecule has 0 spiro atoms. The van der Waals surface area contributed by atoms with Crippen LogP contribution in [-0.4, -0.2) is 23.0 Å². The number of aromatic nitrogens is 2. The second kappa shape index (κ2) is 12.3. The van der Waals surface area contributed by atoms with Crippen molar-refractivity contribution in [2.45, 2.75) is 53.0 Å². The molecule has 162 valence electrons. The molecule has 1 N–H and O–H groups in total. The van der Waals surface area contributed by atoms with Gasteiger partial charge in [0, 0.05) is 19.2 Å². The third-order valence-electron chi connectivity index (χ3n) is 4.30. The maximum absolute atomic E-state index is 12.1. The lowest BCUT2D eigenvalue weighted by atomic mass is 10.1. The molecule has 0 fully saturated rings. The van der Waals surface area contributed by atoms with Crippen LogP contribution in [0.3, 0.4) is 0 Å². The molecule has 6 nitrogen and oxygen atoms in total. The first-order valence-corrected chi connectivity index (χ1v) is 11.0. The second-order valence-corrected chi connectivity index (χ2v) is 8.21. The van der Waals surface area contributed by atoms with Crippen molar-refractivity contribution >= 4 is 21.8 Å². The highest BCUT2D eigenvalue weighted by Gasteiger charge is 2.12. The molecule has 0 bridgehead atoms. The summed E-state index contributed by atoms with van der Waals surface area (Å²) in [5.74, 6) is 2.78. The highest BCUT2D eigenvalue weighted by molar-refractivity contribution is 9.10. The molecule has 0 aliphatic carbocycles. The van der Waals surface area contributed by atoms with Gasteiger partial charge in [0.05, 0.1) is 11.6 Å². The lowest BCUT2D eigenvalue weighted by Crippen LogP contribution is -2.22. The first-order chi connectivity index (χ1) is 14.4. The molecular weight excluding hydrogens is 446 g/mol. The highest BCUT2D eigenvalue weighted by Crippen LogP contribution is 2.34. The largest absolute Gasteiger partial charge is 0.493 e. The Labute approximate surface area is 187 Å². The fourth-order valence-electron chi connectivity index (χ4n) is 2.72. The minimum Gasteiger partial charge on any atom is -0.493 e. The van der Waals surface area contributed by atoms with Gasteiger partial charge in [-0.15, -0.1) is 0 Å². The number of allylic oxidation sites excluding steroid dienone is 2. The van der Waals surface area contributed by atoms with Crippen LogP contribution in [-0.2, 0) is 11.3 Å². The number of carbonyl (C=O) groups excluding carboxylic acids is 1. The van der Waals surface area contributed by atoms with E-state index in [1.807, 2.05) is 18.2 Å². The van der Waals surface area contributed by atoms with E-state index in [0.717, 1.165) is 24.8 Å². The number of amides is 1. The van der Waals surface area contributed by atoms with E-state index in [4.69, 9.17) is 9.47 Å². The average molecular weight is 476 g/mol. The molecule has 0 atom stereocenters. The summed E-state index contributed by atoms with van der Waals surface area (Å²) >= 11 is 3.39. The molecule has 1 aromatic carbocycles. The van der Waals surface area contributed by atoms with Gasteiger partial charge >= 0.3 is 0 Å². The van der Waals surface area contributed by atoms with Gasteiger partial charge in [-0.3, -0.25) is 4.79 Å². The molecule has 2 rings (SSSR count). The number of benzene rings is 1. The molecule has 0 aliphatic heterocycles. The van der Waals surface area contributed by atoms with Crippen LogP contribution < -0.4 is 14.8 Å². The Balaban J connectivity index is 1.86. The van der Waals surface area contributed by atoms with E-state index in [1.54, 1.807) is 20.2 Å². The number of hydrogen-bond donors (Lipinski definition) is 1. The minimum atomic E-state index is 0.0579. The summed E-state index contributed by atoms with van der Waals surface area (Å²) in [5.41, 5.74) is 0.936. The van der Waals surface area contributed by atoms with Crippen LogP contribution in [0.1, 0.15) is 50.9 Å². The number of carbonyl (C=O) groups is 1. The molecular formula is C23H30BrN3O3. The van der Waals surface area contributed by atoms with Crippen LogP contribution in [0.15, 0.2) is 41.0 Å². The van der Waals surface area contributed by atoms with Gasteiger partial charge < -0.3 is 14.8 Å². The zero-order chi connectivity index (χ0) is 21.9. The van der Waals surface area contributed by atoms with E-state index in [1.165, 1.54) is 0 Å². The van der Waals surface area contributed by atoms with Gasteiger partial charge in [0.25, 0.3) is 0 Å². The molecule has 0 saturated carbocycles. The standard InChI is InChI=1S/C23H30BrN3O3/c1-16(2)9-7-5-6-8-10-22(28)26-14-18-11-12-20(21(13-18)29-4)30-23-19(24)15-25-17(3)27-23/h7,9,11-13,15-16H,5-6,8,10,14H2,1-4H3,(H,26,28)/b9-7+. The summed E-state index contributed by atoms with van der Waals surface area (Å²) in [4.78, 5) is 20.5. The van der Waals surface area contributed by atoms with E-state index in [9.17, 15) is 4.79 Å². The van der Waals surface area contributed by atoms with Gasteiger partial charge in [-0.25, -0.2) is 4.98 Å². The monoisotopic (exact) mass is 475 g/mol. The first kappa shape index (κ1) is 23.9. The number of ether oxygens (including phenoxy) is 2. The lowest BCUT2D eigenvalue weighted by molar-refractivity contribution is -0.121. The Morgan fingerprint density at radius 1 is 1.27 bits per heavy atom. The fraction of sp³-hybridized carbons (Fsp3) is 0.435. The molecule has 0 radical (unpaired) electrons. The number of nitrogens with zero attached hydrogens (tertiary/aromatic N) is 2. The van der Waals surface area contributed by atoms with Crippen molar-refractivity contribution < 1.29 is 14.3 Å². The maximum Gasteiger partial charge on any atom is 0.237 e. The molecule has 0 unspecified atom stereocenters. The number of nitrogens with one attached hydrogen (secondary N) is 1. The normalized spacial score (nSPS) is 11.1. The summed E-state index contributed by atoms with van der Waals surface area (Å²) in [6, 6.07) is 5.57. The molecule has 7 heteroatoms. The quantitative estimate of drug-likeness (QED) is 0.331. The van der Waals surface area contributed by atoms with Crippen LogP contribution in [0.4, 0.5) is 0 Å². The Hall–Kier alpha value is -2.41. The van der Waals surface area contributed by atoms with Crippen LogP contribution in [0.25, 0.3) is 0 Å². The fourth-order valence-corrected chi connectivity index (χ4v) is 2.99. The van der Waals surface area contributed by atoms with Gasteiger partial charge in [-0.05, 0) is 65.7 Å². The van der Waals surface area contributed by atoms with Gasteiger partial charge in [0.15, 0.2) is 11.5 Å². The predicted molar refractivity (Wildman–Crippen MR) is 122 cm³/mol. The topological polar surface area (TPSA) is 73.3 Å². The number of rotatable bonds is 11. The Morgan fingerprint density at radius 3 is 2.80 bits per heavy atom. The summed E-state index contributed by atoms with van der Waals surface area (Å²) in [6.45, 7) is 6.56. The van der Waals surface area contributed by atoms with Gasteiger partial charge in [0.2, 0.25) is 11.8 Å². The van der Waals surface area contributed by atoms with Gasteiger partial charge in [-0.1, -0.05) is 32.1 Å². The van der Waals surface area contributed by atoms with Crippen LogP contribution in [0.5, 0.6) is 17.4 Å². The number of hydrogen-bond acceptors (Lipinski definition) is 5. The maximum atomic E-state index is 12.1. The van der Waals surface area contributed by atoms with Crippen molar-refractivity contribution in [1.82, 2.24) is 15.3 Å². The second-order valence-electron chi connectivity index (χ2n) is 7.35. The first-order valence-electron chi connectivity index (χ1n) is 10.2. The Bertz CT molecular complexity index is 869. The van der Waals surface area contributed by atoms with Crippen LogP contribution >= 0.6 is 15.9 Å². The zero-order valence-electron chi connectivity index (χ0n) is 18.1. The lowest BCUT2D eigenvalue weighted by Gasteiger charge is -2.13. The van der Waals surface area contributed by atoms with Crippen molar-refractivity contribution in [3.63, 3.8) is 0 Å². The van der Waals surface area contributed by atoms with Crippen molar-refractivity contribution in [3.8, 4) is 17.4 Å². The summed E-state index contributed by atoms with van der Waals surface area (Å²) in [6.07, 6.45) is 9.51. The van der Waals surface area contributed by atoms with Crippen molar-refractivity contribution in [2.24, 2.45) is 5.92 Å². The van der Waals surface area contributed by atoms with Gasteiger partial charge in [-0.2, -0.15) is 4.98 Å². The zero-order valence-corrected chi connectivity index (χ0v) is 19.7. The molecule has 30 heavy (non-hydrogen) atoms. The van der Waals surface area contributed by atoms with Crippen molar-refractivity contribution in [3.05, 3.63) is 52.4 Å². The smallest absolute Gasteiger partial charge is 0.237 e. The summed E-state index contributed by atoms with van der Waals surface area (Å²) in [5, 5.41) is 2.96. The minimum absolute atomic E-state index is 0.0579. The van der Waals surface area contributed by atoms with E-state index >= 15 is 0 Å². The molecule has 1 aromatic heterocycles. The average Bonchev–Trinajstić information content (AvgIpc) is 2.72. The van der Waals surface area contributed by atoms with Crippen molar-refractivity contribution in [2.75, 3.05) is 7.11 Å². The van der Waals surface area contributed by atoms with Crippen LogP contribution in [0, 0.1) is 12.8 Å². The SMILES string of the molecule is COc1cc(CNC(=O)CCCC/C=C/C(C)C)ccc1Oc1nc(C)ncc1Br. The number of unbranched alkanes of at least 4 members (excludes halogenated alkanes) is 2. The predicted octanol–water partition coefficient (Wildman–Crippen LogP) is 5.74. The molecule has 1 heterocycles. The van der Waals surface area contributed by atoms with E-state index in [0.29, 0.717) is 46.6 Å². The summed E-state index contributed by atoms with van der Waals surface area (Å²) in [7, 11) is 1.58. The van der Waals surface area contributed by atoms with Crippen molar-refractivity contribution in [1.29, 1.82) is 0 Å². The molecule has 0 aliphatic rings. The van der Waals surface area contributed by atoms with E-state index < -0.39 is 0 Å². The highest BCUT2D eigenvalue weighted by atomic mass is 79.9. The third kappa shape index (κ3) is 8.14. The van der Waals surface area contributed by atoms with Gasteiger partial charge in [0.1, 0.15) is 5.82 Å². The Kier molecular flexibility index (Phi) is 9.80. The summed E-state index contributed by atoms with van der Waals surface area (Å²) < 4.78 is 12.0. The molecule has 1 amide bonds. The molecule has 0 saturated heterocycles. The Morgan fingerprint density at radius 2 is 2.07 bits per heavy atom.